The predicted octanol–water partition coefficient (Wildman–Crippen LogP) is 5.56. The fraction of sp³-hybridized carbons (Fsp3) is 0.440. The van der Waals surface area contributed by atoms with Gasteiger partial charge >= 0.3 is 6.18 Å². The summed E-state index contributed by atoms with van der Waals surface area (Å²) in [6.45, 7) is 7.45. The van der Waals surface area contributed by atoms with Crippen molar-refractivity contribution in [3.05, 3.63) is 53.2 Å². The minimum atomic E-state index is -4.46. The van der Waals surface area contributed by atoms with Crippen molar-refractivity contribution in [3.63, 3.8) is 0 Å². The summed E-state index contributed by atoms with van der Waals surface area (Å²) in [4.78, 5) is 24.1. The monoisotopic (exact) mass is 519 g/mol. The zero-order valence-electron chi connectivity index (χ0n) is 20.3. The summed E-state index contributed by atoms with van der Waals surface area (Å²) in [6, 6.07) is 9.73. The number of rotatable bonds is 8. The van der Waals surface area contributed by atoms with Gasteiger partial charge in [0, 0.05) is 56.1 Å². The van der Waals surface area contributed by atoms with Crippen LogP contribution in [0.2, 0.25) is 5.02 Å². The van der Waals surface area contributed by atoms with Crippen molar-refractivity contribution in [3.8, 4) is 11.4 Å². The lowest BCUT2D eigenvalue weighted by Gasteiger charge is -2.36. The molecule has 1 aromatic carbocycles. The Hall–Kier alpha value is -3.14. The molecular weight excluding hydrogens is 491 g/mol. The van der Waals surface area contributed by atoms with Crippen LogP contribution in [-0.4, -0.2) is 59.2 Å². The van der Waals surface area contributed by atoms with Crippen LogP contribution < -0.4 is 14.7 Å². The third kappa shape index (κ3) is 5.98. The van der Waals surface area contributed by atoms with E-state index in [0.717, 1.165) is 37.6 Å². The number of benzene rings is 1. The average molecular weight is 520 g/mol. The average Bonchev–Trinajstić information content (AvgIpc) is 2.88. The molecule has 0 aliphatic carbocycles. The molecule has 1 aliphatic heterocycles. The SMILES string of the molecule is CCCN(CCC)c1nc(-c2cccc(Cl)c2)nc(N2CCN(c3ncccc3C(F)(F)F)CC2)n1. The molecule has 0 spiro atoms. The van der Waals surface area contributed by atoms with Crippen LogP contribution in [0.4, 0.5) is 30.9 Å². The van der Waals surface area contributed by atoms with E-state index in [9.17, 15) is 13.2 Å². The Morgan fingerprint density at radius 3 is 2.25 bits per heavy atom. The second-order valence-corrected chi connectivity index (χ2v) is 9.04. The molecule has 1 saturated heterocycles. The van der Waals surface area contributed by atoms with Gasteiger partial charge in [0.2, 0.25) is 11.9 Å². The largest absolute Gasteiger partial charge is 0.419 e. The van der Waals surface area contributed by atoms with Gasteiger partial charge in [0.15, 0.2) is 5.82 Å². The summed E-state index contributed by atoms with van der Waals surface area (Å²) >= 11 is 6.22. The van der Waals surface area contributed by atoms with Crippen LogP contribution in [0.25, 0.3) is 11.4 Å². The van der Waals surface area contributed by atoms with Gasteiger partial charge in [0.05, 0.1) is 5.56 Å². The number of halogens is 4. The molecule has 0 saturated carbocycles. The smallest absolute Gasteiger partial charge is 0.353 e. The molecule has 1 aliphatic rings. The molecule has 4 rings (SSSR count). The maximum atomic E-state index is 13.5. The van der Waals surface area contributed by atoms with Crippen LogP contribution in [0.15, 0.2) is 42.6 Å². The third-order valence-corrected chi connectivity index (χ3v) is 6.15. The highest BCUT2D eigenvalue weighted by molar-refractivity contribution is 6.30. The first-order chi connectivity index (χ1) is 17.3. The molecule has 3 heterocycles. The zero-order chi connectivity index (χ0) is 25.7. The highest BCUT2D eigenvalue weighted by atomic mass is 35.5. The summed E-state index contributed by atoms with van der Waals surface area (Å²) in [5.74, 6) is 1.56. The fourth-order valence-electron chi connectivity index (χ4n) is 4.23. The van der Waals surface area contributed by atoms with Gasteiger partial charge in [-0.2, -0.15) is 28.1 Å². The minimum Gasteiger partial charge on any atom is -0.353 e. The molecule has 36 heavy (non-hydrogen) atoms. The van der Waals surface area contributed by atoms with E-state index in [1.807, 2.05) is 23.1 Å². The molecule has 192 valence electrons. The van der Waals surface area contributed by atoms with Crippen LogP contribution in [0.3, 0.4) is 0 Å². The zero-order valence-corrected chi connectivity index (χ0v) is 21.1. The number of hydrogen-bond donors (Lipinski definition) is 0. The second kappa shape index (κ2) is 11.3. The lowest BCUT2D eigenvalue weighted by Crippen LogP contribution is -2.48. The molecule has 3 aromatic rings. The van der Waals surface area contributed by atoms with Gasteiger partial charge in [-0.3, -0.25) is 0 Å². The van der Waals surface area contributed by atoms with E-state index in [4.69, 9.17) is 26.6 Å². The highest BCUT2D eigenvalue weighted by Crippen LogP contribution is 2.35. The van der Waals surface area contributed by atoms with E-state index in [0.29, 0.717) is 48.9 Å². The maximum Gasteiger partial charge on any atom is 0.419 e. The minimum absolute atomic E-state index is 0.0438. The van der Waals surface area contributed by atoms with Crippen LogP contribution in [0.1, 0.15) is 32.3 Å². The lowest BCUT2D eigenvalue weighted by molar-refractivity contribution is -0.137. The van der Waals surface area contributed by atoms with Crippen molar-refractivity contribution in [1.29, 1.82) is 0 Å². The number of aromatic nitrogens is 4. The summed E-state index contributed by atoms with van der Waals surface area (Å²) in [6.07, 6.45) is -1.18. The molecule has 11 heteroatoms. The number of piperazine rings is 1. The lowest BCUT2D eigenvalue weighted by atomic mass is 10.2. The number of nitrogens with zero attached hydrogens (tertiary/aromatic N) is 7. The molecule has 1 fully saturated rings. The Balaban J connectivity index is 1.63. The summed E-state index contributed by atoms with van der Waals surface area (Å²) in [5, 5.41) is 0.583. The van der Waals surface area contributed by atoms with E-state index in [1.54, 1.807) is 11.0 Å². The normalized spacial score (nSPS) is 14.3. The van der Waals surface area contributed by atoms with Gasteiger partial charge in [-0.25, -0.2) is 4.98 Å². The first-order valence-electron chi connectivity index (χ1n) is 12.1. The summed E-state index contributed by atoms with van der Waals surface area (Å²) < 4.78 is 40.5. The fourth-order valence-corrected chi connectivity index (χ4v) is 4.42. The van der Waals surface area contributed by atoms with Crippen molar-refractivity contribution >= 4 is 29.3 Å². The van der Waals surface area contributed by atoms with Crippen LogP contribution in [0, 0.1) is 0 Å². The number of alkyl halides is 3. The quantitative estimate of drug-likeness (QED) is 0.386. The van der Waals surface area contributed by atoms with E-state index >= 15 is 0 Å². The number of hydrogen-bond acceptors (Lipinski definition) is 7. The van der Waals surface area contributed by atoms with Gasteiger partial charge in [-0.15, -0.1) is 0 Å². The molecule has 0 atom stereocenters. The Morgan fingerprint density at radius 2 is 1.61 bits per heavy atom. The standard InChI is InChI=1S/C25H29ClF3N7/c1-3-11-35(12-4-2)23-31-21(18-7-5-8-19(26)17-18)32-24(33-23)36-15-13-34(14-16-36)22-20(25(27,28)29)9-6-10-30-22/h5-10,17H,3-4,11-16H2,1-2H3. The molecule has 0 N–H and O–H groups in total. The molecular formula is C25H29ClF3N7. The Labute approximate surface area is 214 Å². The number of anilines is 3. The van der Waals surface area contributed by atoms with E-state index in [1.165, 1.54) is 12.3 Å². The first kappa shape index (κ1) is 25.9. The maximum absolute atomic E-state index is 13.5. The van der Waals surface area contributed by atoms with Crippen molar-refractivity contribution in [2.75, 3.05) is 54.0 Å². The van der Waals surface area contributed by atoms with Gasteiger partial charge < -0.3 is 14.7 Å². The topological polar surface area (TPSA) is 61.3 Å². The van der Waals surface area contributed by atoms with Gasteiger partial charge in [0.25, 0.3) is 0 Å². The molecule has 0 radical (unpaired) electrons. The van der Waals surface area contributed by atoms with Crippen molar-refractivity contribution in [1.82, 2.24) is 19.9 Å². The van der Waals surface area contributed by atoms with E-state index in [2.05, 4.69) is 23.7 Å². The Kier molecular flexibility index (Phi) is 8.13. The van der Waals surface area contributed by atoms with Crippen LogP contribution >= 0.6 is 11.6 Å². The summed E-state index contributed by atoms with van der Waals surface area (Å²) in [5.41, 5.74) is 0.0567. The molecule has 0 amide bonds. The van der Waals surface area contributed by atoms with Crippen LogP contribution in [-0.2, 0) is 6.18 Å². The predicted molar refractivity (Wildman–Crippen MR) is 137 cm³/mol. The molecule has 7 nitrogen and oxygen atoms in total. The van der Waals surface area contributed by atoms with Crippen molar-refractivity contribution in [2.45, 2.75) is 32.9 Å². The highest BCUT2D eigenvalue weighted by Gasteiger charge is 2.36. The molecule has 0 bridgehead atoms. The van der Waals surface area contributed by atoms with Crippen LogP contribution in [0.5, 0.6) is 0 Å². The van der Waals surface area contributed by atoms with Crippen molar-refractivity contribution in [2.24, 2.45) is 0 Å². The number of pyridine rings is 1. The van der Waals surface area contributed by atoms with Crippen molar-refractivity contribution < 1.29 is 13.2 Å². The third-order valence-electron chi connectivity index (χ3n) is 5.92. The Morgan fingerprint density at radius 1 is 0.917 bits per heavy atom. The van der Waals surface area contributed by atoms with E-state index < -0.39 is 11.7 Å². The second-order valence-electron chi connectivity index (χ2n) is 8.60. The van der Waals surface area contributed by atoms with E-state index in [-0.39, 0.29) is 5.82 Å². The van der Waals surface area contributed by atoms with Gasteiger partial charge in [-0.1, -0.05) is 37.6 Å². The first-order valence-corrected chi connectivity index (χ1v) is 12.5. The molecule has 2 aromatic heterocycles. The molecule has 0 unspecified atom stereocenters. The summed E-state index contributed by atoms with van der Waals surface area (Å²) in [7, 11) is 0. The van der Waals surface area contributed by atoms with Gasteiger partial charge in [-0.05, 0) is 37.1 Å². The Bertz CT molecular complexity index is 1160. The van der Waals surface area contributed by atoms with Gasteiger partial charge in [0.1, 0.15) is 5.82 Å².